The molecule has 8 nitrogen and oxygen atoms in total. The van der Waals surface area contributed by atoms with Crippen LogP contribution in [-0.2, 0) is 11.3 Å². The third-order valence-corrected chi connectivity index (χ3v) is 7.53. The SMILES string of the molecule is COc1ccccc1NC(=O)CCN1C(=S)N[C@@H](c2ccccn2)[C@H]1c1cc(C)n(Cc2ccncc2)c1C. The Morgan fingerprint density at radius 2 is 1.85 bits per heavy atom. The summed E-state index contributed by atoms with van der Waals surface area (Å²) in [6, 6.07) is 19.3. The average Bonchev–Trinajstić information content (AvgIpc) is 3.43. The topological polar surface area (TPSA) is 84.3 Å². The van der Waals surface area contributed by atoms with Crippen LogP contribution in [0.1, 0.15) is 46.7 Å². The average molecular weight is 541 g/mol. The second-order valence-electron chi connectivity index (χ2n) is 9.59. The fourth-order valence-corrected chi connectivity index (χ4v) is 5.54. The molecule has 2 N–H and O–H groups in total. The lowest BCUT2D eigenvalue weighted by Crippen LogP contribution is -2.33. The highest BCUT2D eigenvalue weighted by Crippen LogP contribution is 2.41. The smallest absolute Gasteiger partial charge is 0.226 e. The van der Waals surface area contributed by atoms with Gasteiger partial charge in [0, 0.05) is 49.5 Å². The van der Waals surface area contributed by atoms with E-state index < -0.39 is 0 Å². The largest absolute Gasteiger partial charge is 0.495 e. The van der Waals surface area contributed by atoms with Crippen LogP contribution >= 0.6 is 12.2 Å². The minimum absolute atomic E-state index is 0.106. The Labute approximate surface area is 234 Å². The molecule has 1 saturated heterocycles. The summed E-state index contributed by atoms with van der Waals surface area (Å²) in [4.78, 5) is 23.9. The first-order valence-electron chi connectivity index (χ1n) is 12.9. The number of hydrogen-bond acceptors (Lipinski definition) is 5. The van der Waals surface area contributed by atoms with Gasteiger partial charge in [-0.05, 0) is 79.7 Å². The van der Waals surface area contributed by atoms with Gasteiger partial charge in [0.25, 0.3) is 0 Å². The number of carbonyl (C=O) groups excluding carboxylic acids is 1. The quantitative estimate of drug-likeness (QED) is 0.291. The van der Waals surface area contributed by atoms with Gasteiger partial charge in [0.15, 0.2) is 5.11 Å². The summed E-state index contributed by atoms with van der Waals surface area (Å²) in [5.41, 5.74) is 6.22. The number of benzene rings is 1. The fraction of sp³-hybridized carbons (Fsp3) is 0.267. The summed E-state index contributed by atoms with van der Waals surface area (Å²) in [6.45, 7) is 5.47. The lowest BCUT2D eigenvalue weighted by atomic mass is 9.96. The monoisotopic (exact) mass is 540 g/mol. The van der Waals surface area contributed by atoms with Crippen LogP contribution in [0.5, 0.6) is 5.75 Å². The molecule has 3 aromatic heterocycles. The van der Waals surface area contributed by atoms with Crippen LogP contribution in [0.2, 0.25) is 0 Å². The van der Waals surface area contributed by atoms with E-state index in [1.54, 1.807) is 13.3 Å². The van der Waals surface area contributed by atoms with E-state index in [-0.39, 0.29) is 24.4 Å². The maximum Gasteiger partial charge on any atom is 0.226 e. The van der Waals surface area contributed by atoms with Crippen molar-refractivity contribution in [2.24, 2.45) is 0 Å². The van der Waals surface area contributed by atoms with E-state index in [0.717, 1.165) is 29.2 Å². The van der Waals surface area contributed by atoms with Gasteiger partial charge in [0.1, 0.15) is 5.75 Å². The zero-order valence-corrected chi connectivity index (χ0v) is 23.1. The standard InChI is InChI=1S/C30H32N6O2S/c1-20-18-23(21(2)36(20)19-22-11-15-31-16-12-22)29-28(25-9-6-7-14-32-25)34-30(39)35(29)17-13-27(37)33-24-8-4-5-10-26(24)38-3/h4-12,14-16,18,28-29H,13,17,19H2,1-3H3,(H,33,37)(H,34,39)/t28-,29+/m0/s1. The molecular weight excluding hydrogens is 508 g/mol. The van der Waals surface area contributed by atoms with Crippen LogP contribution in [0.25, 0.3) is 0 Å². The lowest BCUT2D eigenvalue weighted by molar-refractivity contribution is -0.116. The third kappa shape index (κ3) is 5.63. The van der Waals surface area contributed by atoms with Crippen LogP contribution < -0.4 is 15.4 Å². The van der Waals surface area contributed by atoms with Gasteiger partial charge in [-0.1, -0.05) is 18.2 Å². The van der Waals surface area contributed by atoms with Crippen LogP contribution in [0.4, 0.5) is 5.69 Å². The summed E-state index contributed by atoms with van der Waals surface area (Å²) in [5.74, 6) is 0.518. The maximum atomic E-state index is 13.0. The molecule has 5 rings (SSSR count). The third-order valence-electron chi connectivity index (χ3n) is 7.18. The highest BCUT2D eigenvalue weighted by Gasteiger charge is 2.41. The second kappa shape index (κ2) is 11.7. The van der Waals surface area contributed by atoms with Crippen molar-refractivity contribution in [1.82, 2.24) is 24.8 Å². The number of aromatic nitrogens is 3. The minimum atomic E-state index is -0.147. The molecule has 0 radical (unpaired) electrons. The van der Waals surface area contributed by atoms with Crippen molar-refractivity contribution in [3.8, 4) is 5.75 Å². The number of carbonyl (C=O) groups is 1. The molecule has 9 heteroatoms. The molecular formula is C30H32N6O2S. The molecule has 0 unspecified atom stereocenters. The molecule has 1 aromatic carbocycles. The zero-order valence-electron chi connectivity index (χ0n) is 22.3. The van der Waals surface area contributed by atoms with Crippen LogP contribution in [0, 0.1) is 13.8 Å². The number of rotatable bonds is 9. The zero-order chi connectivity index (χ0) is 27.4. The number of ether oxygens (including phenoxy) is 1. The Morgan fingerprint density at radius 3 is 2.59 bits per heavy atom. The number of amides is 1. The van der Waals surface area contributed by atoms with Crippen molar-refractivity contribution >= 4 is 28.9 Å². The minimum Gasteiger partial charge on any atom is -0.495 e. The molecule has 200 valence electrons. The number of thiocarbonyl (C=S) groups is 1. The lowest BCUT2D eigenvalue weighted by Gasteiger charge is -2.28. The van der Waals surface area contributed by atoms with Crippen molar-refractivity contribution in [1.29, 1.82) is 0 Å². The number of methoxy groups -OCH3 is 1. The van der Waals surface area contributed by atoms with E-state index >= 15 is 0 Å². The van der Waals surface area contributed by atoms with E-state index in [4.69, 9.17) is 17.0 Å². The fourth-order valence-electron chi connectivity index (χ4n) is 5.21. The van der Waals surface area contributed by atoms with Crippen LogP contribution in [-0.4, -0.2) is 44.1 Å². The Balaban J connectivity index is 1.43. The molecule has 0 spiro atoms. The molecule has 1 aliphatic heterocycles. The van der Waals surface area contributed by atoms with Crippen LogP contribution in [0.15, 0.2) is 79.3 Å². The van der Waals surface area contributed by atoms with E-state index in [1.165, 1.54) is 5.56 Å². The van der Waals surface area contributed by atoms with E-state index in [0.29, 0.717) is 23.1 Å². The Morgan fingerprint density at radius 1 is 1.08 bits per heavy atom. The van der Waals surface area contributed by atoms with Crippen molar-refractivity contribution in [3.05, 3.63) is 107 Å². The predicted octanol–water partition coefficient (Wildman–Crippen LogP) is 4.95. The number of hydrogen-bond donors (Lipinski definition) is 2. The van der Waals surface area contributed by atoms with E-state index in [2.05, 4.69) is 50.0 Å². The summed E-state index contributed by atoms with van der Waals surface area (Å²) >= 11 is 5.83. The van der Waals surface area contributed by atoms with Gasteiger partial charge >= 0.3 is 0 Å². The molecule has 4 heterocycles. The molecule has 0 bridgehead atoms. The van der Waals surface area contributed by atoms with Gasteiger partial charge < -0.3 is 24.8 Å². The molecule has 1 aliphatic rings. The Hall–Kier alpha value is -4.24. The molecule has 1 amide bonds. The number of aryl methyl sites for hydroxylation is 1. The molecule has 2 atom stereocenters. The van der Waals surface area contributed by atoms with Crippen molar-refractivity contribution in [3.63, 3.8) is 0 Å². The molecule has 1 fully saturated rings. The molecule has 4 aromatic rings. The number of nitrogens with one attached hydrogen (secondary N) is 2. The van der Waals surface area contributed by atoms with Crippen molar-refractivity contribution in [2.75, 3.05) is 19.0 Å². The first-order chi connectivity index (χ1) is 19.0. The molecule has 0 saturated carbocycles. The first kappa shape index (κ1) is 26.4. The van der Waals surface area contributed by atoms with Crippen molar-refractivity contribution in [2.45, 2.75) is 38.9 Å². The molecule has 0 aliphatic carbocycles. The maximum absolute atomic E-state index is 13.0. The number of anilines is 1. The van der Waals surface area contributed by atoms with E-state index in [1.807, 2.05) is 67.0 Å². The number of para-hydroxylation sites is 2. The van der Waals surface area contributed by atoms with Gasteiger partial charge in [0.2, 0.25) is 5.91 Å². The summed E-state index contributed by atoms with van der Waals surface area (Å²) < 4.78 is 7.69. The van der Waals surface area contributed by atoms with E-state index in [9.17, 15) is 4.79 Å². The van der Waals surface area contributed by atoms with Gasteiger partial charge in [0.05, 0.1) is 30.6 Å². The van der Waals surface area contributed by atoms with Crippen LogP contribution in [0.3, 0.4) is 0 Å². The highest BCUT2D eigenvalue weighted by molar-refractivity contribution is 7.80. The summed E-state index contributed by atoms with van der Waals surface area (Å²) in [6.07, 6.45) is 5.70. The van der Waals surface area contributed by atoms with Crippen molar-refractivity contribution < 1.29 is 9.53 Å². The van der Waals surface area contributed by atoms with Gasteiger partial charge in [-0.2, -0.15) is 0 Å². The first-order valence-corrected chi connectivity index (χ1v) is 13.3. The Bertz CT molecular complexity index is 1460. The molecule has 39 heavy (non-hydrogen) atoms. The van der Waals surface area contributed by atoms with Gasteiger partial charge in [-0.3, -0.25) is 14.8 Å². The predicted molar refractivity (Wildman–Crippen MR) is 156 cm³/mol. The Kier molecular flexibility index (Phi) is 7.88. The highest BCUT2D eigenvalue weighted by atomic mass is 32.1. The summed E-state index contributed by atoms with van der Waals surface area (Å²) in [7, 11) is 1.59. The summed E-state index contributed by atoms with van der Waals surface area (Å²) in [5, 5.41) is 7.08. The number of nitrogens with zero attached hydrogens (tertiary/aromatic N) is 4. The normalized spacial score (nSPS) is 16.7. The van der Waals surface area contributed by atoms with Gasteiger partial charge in [-0.25, -0.2) is 0 Å². The second-order valence-corrected chi connectivity index (χ2v) is 9.97. The number of pyridine rings is 2. The van der Waals surface area contributed by atoms with Gasteiger partial charge in [-0.15, -0.1) is 0 Å².